The van der Waals surface area contributed by atoms with Gasteiger partial charge in [-0.3, -0.25) is 0 Å². The van der Waals surface area contributed by atoms with Gasteiger partial charge in [0, 0.05) is 6.04 Å². The van der Waals surface area contributed by atoms with Gasteiger partial charge in [0.1, 0.15) is 0 Å². The van der Waals surface area contributed by atoms with Crippen molar-refractivity contribution in [3.8, 4) is 0 Å². The summed E-state index contributed by atoms with van der Waals surface area (Å²) >= 11 is 0. The highest BCUT2D eigenvalue weighted by atomic mass is 14.6. The molecule has 0 spiro atoms. The standard InChI is InChI=1S/C8H13N/c1-2-7-5-3-4-6-8(7)9/h2-4,7-8H,1,5-6,9H2/t7-,8?/m1/s1. The Bertz CT molecular complexity index is 127. The lowest BCUT2D eigenvalue weighted by molar-refractivity contribution is 0.492. The first-order valence-corrected chi connectivity index (χ1v) is 3.37. The van der Waals surface area contributed by atoms with Crippen molar-refractivity contribution in [3.05, 3.63) is 24.8 Å². The van der Waals surface area contributed by atoms with E-state index in [4.69, 9.17) is 5.73 Å². The Kier molecular flexibility index (Phi) is 2.06. The zero-order chi connectivity index (χ0) is 6.69. The summed E-state index contributed by atoms with van der Waals surface area (Å²) in [6.45, 7) is 3.72. The second-order valence-electron chi connectivity index (χ2n) is 2.51. The van der Waals surface area contributed by atoms with E-state index in [0.29, 0.717) is 12.0 Å². The average Bonchev–Trinajstić information content (AvgIpc) is 1.89. The molecule has 0 saturated carbocycles. The summed E-state index contributed by atoms with van der Waals surface area (Å²) in [5.74, 6) is 0.509. The highest BCUT2D eigenvalue weighted by Crippen LogP contribution is 2.17. The molecule has 1 rings (SSSR count). The summed E-state index contributed by atoms with van der Waals surface area (Å²) in [6, 6.07) is 0.312. The third-order valence-corrected chi connectivity index (χ3v) is 1.84. The van der Waals surface area contributed by atoms with Gasteiger partial charge in [-0.1, -0.05) is 18.2 Å². The predicted octanol–water partition coefficient (Wildman–Crippen LogP) is 1.47. The van der Waals surface area contributed by atoms with Crippen molar-refractivity contribution in [2.45, 2.75) is 18.9 Å². The molecule has 2 atom stereocenters. The third-order valence-electron chi connectivity index (χ3n) is 1.84. The van der Waals surface area contributed by atoms with Crippen LogP contribution in [0.3, 0.4) is 0 Å². The molecule has 1 aliphatic carbocycles. The van der Waals surface area contributed by atoms with Crippen LogP contribution in [0.2, 0.25) is 0 Å². The van der Waals surface area contributed by atoms with Crippen LogP contribution in [0.1, 0.15) is 12.8 Å². The first-order chi connectivity index (χ1) is 4.34. The molecule has 1 nitrogen and oxygen atoms in total. The minimum absolute atomic E-state index is 0.312. The molecule has 0 radical (unpaired) electrons. The van der Waals surface area contributed by atoms with E-state index < -0.39 is 0 Å². The Morgan fingerprint density at radius 2 is 2.11 bits per heavy atom. The van der Waals surface area contributed by atoms with Gasteiger partial charge in [0.15, 0.2) is 0 Å². The summed E-state index contributed by atoms with van der Waals surface area (Å²) < 4.78 is 0. The van der Waals surface area contributed by atoms with Gasteiger partial charge in [-0.25, -0.2) is 0 Å². The Hall–Kier alpha value is -0.560. The molecule has 50 valence electrons. The number of hydrogen-bond donors (Lipinski definition) is 1. The fourth-order valence-corrected chi connectivity index (χ4v) is 1.13. The minimum atomic E-state index is 0.312. The molecule has 1 aliphatic rings. The Balaban J connectivity index is 2.52. The number of hydrogen-bond acceptors (Lipinski definition) is 1. The Morgan fingerprint density at radius 3 is 2.56 bits per heavy atom. The molecule has 0 aromatic heterocycles. The lowest BCUT2D eigenvalue weighted by Gasteiger charge is -2.20. The van der Waals surface area contributed by atoms with Gasteiger partial charge in [-0.05, 0) is 18.8 Å². The van der Waals surface area contributed by atoms with E-state index in [1.165, 1.54) is 0 Å². The highest BCUT2D eigenvalue weighted by Gasteiger charge is 2.13. The van der Waals surface area contributed by atoms with Crippen molar-refractivity contribution in [2.75, 3.05) is 0 Å². The van der Waals surface area contributed by atoms with Gasteiger partial charge in [-0.2, -0.15) is 0 Å². The van der Waals surface area contributed by atoms with E-state index in [1.807, 2.05) is 6.08 Å². The normalized spacial score (nSPS) is 34.3. The largest absolute Gasteiger partial charge is 0.327 e. The van der Waals surface area contributed by atoms with Crippen molar-refractivity contribution in [1.29, 1.82) is 0 Å². The van der Waals surface area contributed by atoms with Gasteiger partial charge >= 0.3 is 0 Å². The molecule has 0 bridgehead atoms. The SMILES string of the molecule is C=C[C@@H]1CC=CCC1N. The molecule has 1 unspecified atom stereocenters. The van der Waals surface area contributed by atoms with Crippen LogP contribution in [-0.4, -0.2) is 6.04 Å². The topological polar surface area (TPSA) is 26.0 Å². The van der Waals surface area contributed by atoms with E-state index in [-0.39, 0.29) is 0 Å². The average molecular weight is 123 g/mol. The smallest absolute Gasteiger partial charge is 0.0139 e. The van der Waals surface area contributed by atoms with Crippen LogP contribution >= 0.6 is 0 Å². The number of rotatable bonds is 1. The van der Waals surface area contributed by atoms with E-state index in [2.05, 4.69) is 18.7 Å². The molecule has 0 aliphatic heterocycles. The molecular formula is C8H13N. The van der Waals surface area contributed by atoms with Crippen LogP contribution in [0.15, 0.2) is 24.8 Å². The molecule has 0 heterocycles. The van der Waals surface area contributed by atoms with Crippen LogP contribution in [-0.2, 0) is 0 Å². The second kappa shape index (κ2) is 2.83. The van der Waals surface area contributed by atoms with Crippen molar-refractivity contribution >= 4 is 0 Å². The highest BCUT2D eigenvalue weighted by molar-refractivity contribution is 5.01. The van der Waals surface area contributed by atoms with E-state index >= 15 is 0 Å². The molecule has 0 aromatic rings. The third kappa shape index (κ3) is 1.42. The summed E-state index contributed by atoms with van der Waals surface area (Å²) in [6.07, 6.45) is 8.36. The van der Waals surface area contributed by atoms with Crippen LogP contribution < -0.4 is 5.73 Å². The van der Waals surface area contributed by atoms with Crippen LogP contribution in [0, 0.1) is 5.92 Å². The summed E-state index contributed by atoms with van der Waals surface area (Å²) in [7, 11) is 0. The van der Waals surface area contributed by atoms with Crippen LogP contribution in [0.4, 0.5) is 0 Å². The summed E-state index contributed by atoms with van der Waals surface area (Å²) in [4.78, 5) is 0. The fourth-order valence-electron chi connectivity index (χ4n) is 1.13. The van der Waals surface area contributed by atoms with E-state index in [0.717, 1.165) is 12.8 Å². The fraction of sp³-hybridized carbons (Fsp3) is 0.500. The zero-order valence-electron chi connectivity index (χ0n) is 5.59. The minimum Gasteiger partial charge on any atom is -0.327 e. The number of allylic oxidation sites excluding steroid dienone is 1. The molecule has 9 heavy (non-hydrogen) atoms. The molecule has 2 N–H and O–H groups in total. The molecular weight excluding hydrogens is 110 g/mol. The summed E-state index contributed by atoms with van der Waals surface area (Å²) in [5, 5.41) is 0. The monoisotopic (exact) mass is 123 g/mol. The first kappa shape index (κ1) is 6.56. The molecule has 0 amide bonds. The molecule has 0 aromatic carbocycles. The first-order valence-electron chi connectivity index (χ1n) is 3.37. The maximum Gasteiger partial charge on any atom is 0.0139 e. The van der Waals surface area contributed by atoms with Crippen molar-refractivity contribution in [3.63, 3.8) is 0 Å². The maximum absolute atomic E-state index is 5.77. The predicted molar refractivity (Wildman–Crippen MR) is 40.0 cm³/mol. The van der Waals surface area contributed by atoms with Gasteiger partial charge < -0.3 is 5.73 Å². The summed E-state index contributed by atoms with van der Waals surface area (Å²) in [5.41, 5.74) is 5.77. The number of nitrogens with two attached hydrogens (primary N) is 1. The maximum atomic E-state index is 5.77. The van der Waals surface area contributed by atoms with E-state index in [1.54, 1.807) is 0 Å². The lowest BCUT2D eigenvalue weighted by Crippen LogP contribution is -2.29. The lowest BCUT2D eigenvalue weighted by atomic mass is 9.90. The second-order valence-corrected chi connectivity index (χ2v) is 2.51. The van der Waals surface area contributed by atoms with Gasteiger partial charge in [0.05, 0.1) is 0 Å². The molecule has 0 fully saturated rings. The molecule has 0 saturated heterocycles. The van der Waals surface area contributed by atoms with Gasteiger partial charge in [-0.15, -0.1) is 6.58 Å². The van der Waals surface area contributed by atoms with Crippen LogP contribution in [0.25, 0.3) is 0 Å². The van der Waals surface area contributed by atoms with E-state index in [9.17, 15) is 0 Å². The van der Waals surface area contributed by atoms with Gasteiger partial charge in [0.2, 0.25) is 0 Å². The van der Waals surface area contributed by atoms with Crippen molar-refractivity contribution < 1.29 is 0 Å². The Morgan fingerprint density at radius 1 is 1.44 bits per heavy atom. The Labute approximate surface area is 56.2 Å². The zero-order valence-corrected chi connectivity index (χ0v) is 5.59. The van der Waals surface area contributed by atoms with Crippen molar-refractivity contribution in [2.24, 2.45) is 11.7 Å². The quantitative estimate of drug-likeness (QED) is 0.525. The van der Waals surface area contributed by atoms with Crippen LogP contribution in [0.5, 0.6) is 0 Å². The molecule has 1 heteroatoms. The van der Waals surface area contributed by atoms with Gasteiger partial charge in [0.25, 0.3) is 0 Å². The van der Waals surface area contributed by atoms with Crippen molar-refractivity contribution in [1.82, 2.24) is 0 Å².